The maximum absolute atomic E-state index is 6.93. The van der Waals surface area contributed by atoms with Gasteiger partial charge in [0.05, 0.1) is 5.38 Å². The highest BCUT2D eigenvalue weighted by molar-refractivity contribution is 6.24. The number of benzene rings is 3. The predicted molar refractivity (Wildman–Crippen MR) is 92.3 cm³/mol. The Morgan fingerprint density at radius 1 is 0.667 bits per heavy atom. The van der Waals surface area contributed by atoms with E-state index in [-0.39, 0.29) is 5.38 Å². The molecule has 1 heteroatoms. The summed E-state index contributed by atoms with van der Waals surface area (Å²) in [5.41, 5.74) is 6.21. The summed E-state index contributed by atoms with van der Waals surface area (Å²) >= 11 is 6.93. The summed E-state index contributed by atoms with van der Waals surface area (Å²) in [6.07, 6.45) is 0. The fourth-order valence-electron chi connectivity index (χ4n) is 3.11. The lowest BCUT2D eigenvalue weighted by Gasteiger charge is -2.20. The Morgan fingerprint density at radius 2 is 1.29 bits per heavy atom. The van der Waals surface area contributed by atoms with Crippen molar-refractivity contribution in [1.29, 1.82) is 0 Å². The van der Waals surface area contributed by atoms with Gasteiger partial charge in [0.15, 0.2) is 0 Å². The largest absolute Gasteiger partial charge is 0.113 e. The van der Waals surface area contributed by atoms with E-state index in [1.165, 1.54) is 38.6 Å². The van der Waals surface area contributed by atoms with Gasteiger partial charge in [-0.05, 0) is 59.4 Å². The van der Waals surface area contributed by atoms with Crippen LogP contribution in [-0.2, 0) is 0 Å². The minimum absolute atomic E-state index is 0.114. The SMILES string of the molecule is Cc1cccc(C)c1C(Cl)c1c(C)ccc2ccccc12. The van der Waals surface area contributed by atoms with Crippen LogP contribution in [-0.4, -0.2) is 0 Å². The van der Waals surface area contributed by atoms with Crippen molar-refractivity contribution in [1.82, 2.24) is 0 Å². The highest BCUT2D eigenvalue weighted by atomic mass is 35.5. The number of fused-ring (bicyclic) bond motifs is 1. The van der Waals surface area contributed by atoms with Crippen molar-refractivity contribution >= 4 is 22.4 Å². The molecule has 1 unspecified atom stereocenters. The molecule has 0 nitrogen and oxygen atoms in total. The third-order valence-electron chi connectivity index (χ3n) is 4.24. The van der Waals surface area contributed by atoms with Crippen LogP contribution in [0.25, 0.3) is 10.8 Å². The van der Waals surface area contributed by atoms with E-state index in [9.17, 15) is 0 Å². The first-order valence-electron chi connectivity index (χ1n) is 7.28. The first kappa shape index (κ1) is 14.2. The molecule has 0 N–H and O–H groups in total. The van der Waals surface area contributed by atoms with Crippen LogP contribution < -0.4 is 0 Å². The Kier molecular flexibility index (Phi) is 3.73. The molecule has 3 aromatic carbocycles. The molecule has 106 valence electrons. The number of rotatable bonds is 2. The molecule has 0 amide bonds. The minimum Gasteiger partial charge on any atom is -0.113 e. The molecule has 0 saturated carbocycles. The second kappa shape index (κ2) is 5.54. The second-order valence-corrected chi connectivity index (χ2v) is 6.12. The lowest BCUT2D eigenvalue weighted by Crippen LogP contribution is -2.02. The summed E-state index contributed by atoms with van der Waals surface area (Å²) in [7, 11) is 0. The number of aryl methyl sites for hydroxylation is 3. The molecule has 0 saturated heterocycles. The van der Waals surface area contributed by atoms with E-state index in [1.807, 2.05) is 0 Å². The van der Waals surface area contributed by atoms with Crippen molar-refractivity contribution in [2.24, 2.45) is 0 Å². The van der Waals surface area contributed by atoms with Crippen molar-refractivity contribution in [3.63, 3.8) is 0 Å². The van der Waals surface area contributed by atoms with Crippen LogP contribution in [0.3, 0.4) is 0 Å². The maximum atomic E-state index is 6.93. The Morgan fingerprint density at radius 3 is 2.00 bits per heavy atom. The van der Waals surface area contributed by atoms with Gasteiger partial charge in [0.25, 0.3) is 0 Å². The van der Waals surface area contributed by atoms with E-state index in [2.05, 4.69) is 75.4 Å². The number of hydrogen-bond acceptors (Lipinski definition) is 0. The van der Waals surface area contributed by atoms with Crippen molar-refractivity contribution < 1.29 is 0 Å². The molecule has 0 aromatic heterocycles. The molecule has 21 heavy (non-hydrogen) atoms. The molecule has 0 heterocycles. The van der Waals surface area contributed by atoms with E-state index in [4.69, 9.17) is 11.6 Å². The summed E-state index contributed by atoms with van der Waals surface area (Å²) in [6, 6.07) is 19.2. The van der Waals surface area contributed by atoms with Crippen LogP contribution in [0.2, 0.25) is 0 Å². The lowest BCUT2D eigenvalue weighted by molar-refractivity contribution is 1.08. The molecule has 3 rings (SSSR count). The monoisotopic (exact) mass is 294 g/mol. The quantitative estimate of drug-likeness (QED) is 0.501. The molecule has 0 aliphatic heterocycles. The Labute approximate surface area is 131 Å². The van der Waals surface area contributed by atoms with E-state index >= 15 is 0 Å². The molecule has 3 aromatic rings. The highest BCUT2D eigenvalue weighted by Gasteiger charge is 2.19. The molecular formula is C20H19Cl. The Bertz CT molecular complexity index is 782. The summed E-state index contributed by atoms with van der Waals surface area (Å²) < 4.78 is 0. The Hall–Kier alpha value is -1.79. The van der Waals surface area contributed by atoms with Crippen LogP contribution in [0.4, 0.5) is 0 Å². The summed E-state index contributed by atoms with van der Waals surface area (Å²) in [4.78, 5) is 0. The number of hydrogen-bond donors (Lipinski definition) is 0. The van der Waals surface area contributed by atoms with Gasteiger partial charge < -0.3 is 0 Å². The van der Waals surface area contributed by atoms with Crippen molar-refractivity contribution in [3.05, 3.63) is 82.4 Å². The van der Waals surface area contributed by atoms with Crippen LogP contribution in [0.5, 0.6) is 0 Å². The van der Waals surface area contributed by atoms with Gasteiger partial charge in [-0.2, -0.15) is 0 Å². The molecule has 0 fully saturated rings. The predicted octanol–water partition coefficient (Wildman–Crippen LogP) is 6.09. The van der Waals surface area contributed by atoms with Gasteiger partial charge in [-0.3, -0.25) is 0 Å². The maximum Gasteiger partial charge on any atom is 0.0849 e. The molecule has 0 aliphatic rings. The van der Waals surface area contributed by atoms with Gasteiger partial charge >= 0.3 is 0 Å². The fourth-order valence-corrected chi connectivity index (χ4v) is 3.75. The third-order valence-corrected chi connectivity index (χ3v) is 4.67. The molecule has 0 bridgehead atoms. The molecule has 0 spiro atoms. The van der Waals surface area contributed by atoms with Crippen molar-refractivity contribution in [3.8, 4) is 0 Å². The van der Waals surface area contributed by atoms with E-state index in [0.717, 1.165) is 0 Å². The van der Waals surface area contributed by atoms with Gasteiger partial charge in [-0.25, -0.2) is 0 Å². The van der Waals surface area contributed by atoms with Crippen LogP contribution in [0, 0.1) is 20.8 Å². The Balaban J connectivity index is 2.27. The van der Waals surface area contributed by atoms with Gasteiger partial charge in [0.2, 0.25) is 0 Å². The fraction of sp³-hybridized carbons (Fsp3) is 0.200. The van der Waals surface area contributed by atoms with E-state index in [1.54, 1.807) is 0 Å². The topological polar surface area (TPSA) is 0 Å². The average molecular weight is 295 g/mol. The summed E-state index contributed by atoms with van der Waals surface area (Å²) in [5, 5.41) is 2.38. The molecule has 0 aliphatic carbocycles. The zero-order chi connectivity index (χ0) is 15.0. The normalized spacial score (nSPS) is 12.6. The van der Waals surface area contributed by atoms with E-state index < -0.39 is 0 Å². The molecule has 0 radical (unpaired) electrons. The van der Waals surface area contributed by atoms with Crippen LogP contribution in [0.15, 0.2) is 54.6 Å². The zero-order valence-corrected chi connectivity index (χ0v) is 13.4. The zero-order valence-electron chi connectivity index (χ0n) is 12.7. The van der Waals surface area contributed by atoms with Crippen LogP contribution in [0.1, 0.15) is 33.2 Å². The van der Waals surface area contributed by atoms with Crippen molar-refractivity contribution in [2.75, 3.05) is 0 Å². The summed E-state index contributed by atoms with van der Waals surface area (Å²) in [6.45, 7) is 6.42. The van der Waals surface area contributed by atoms with Gasteiger partial charge in [0, 0.05) is 0 Å². The minimum atomic E-state index is -0.114. The standard InChI is InChI=1S/C20H19Cl/c1-13-7-6-8-14(2)18(13)20(21)19-15(3)11-12-16-9-4-5-10-17(16)19/h4-12,20H,1-3H3. The first-order valence-corrected chi connectivity index (χ1v) is 7.71. The molecular weight excluding hydrogens is 276 g/mol. The van der Waals surface area contributed by atoms with Gasteiger partial charge in [0.1, 0.15) is 0 Å². The van der Waals surface area contributed by atoms with Crippen molar-refractivity contribution in [2.45, 2.75) is 26.1 Å². The van der Waals surface area contributed by atoms with E-state index in [0.29, 0.717) is 0 Å². The third kappa shape index (κ3) is 2.45. The number of halogens is 1. The second-order valence-electron chi connectivity index (χ2n) is 5.69. The van der Waals surface area contributed by atoms with Gasteiger partial charge in [-0.15, -0.1) is 11.6 Å². The molecule has 1 atom stereocenters. The summed E-state index contributed by atoms with van der Waals surface area (Å²) in [5.74, 6) is 0. The van der Waals surface area contributed by atoms with Gasteiger partial charge in [-0.1, -0.05) is 54.6 Å². The highest BCUT2D eigenvalue weighted by Crippen LogP contribution is 2.38. The smallest absolute Gasteiger partial charge is 0.0849 e. The lowest BCUT2D eigenvalue weighted by atomic mass is 9.90. The van der Waals surface area contributed by atoms with Crippen LogP contribution >= 0.6 is 11.6 Å². The average Bonchev–Trinajstić information content (AvgIpc) is 2.46. The number of alkyl halides is 1. The first-order chi connectivity index (χ1) is 10.1.